The van der Waals surface area contributed by atoms with Crippen LogP contribution in [0.25, 0.3) is 11.0 Å². The number of rotatable bonds is 3. The van der Waals surface area contributed by atoms with Crippen molar-refractivity contribution in [2.75, 3.05) is 0 Å². The summed E-state index contributed by atoms with van der Waals surface area (Å²) in [4.78, 5) is 4.17. The van der Waals surface area contributed by atoms with Crippen LogP contribution in [0.3, 0.4) is 0 Å². The van der Waals surface area contributed by atoms with Crippen LogP contribution in [0, 0.1) is 29.9 Å². The van der Waals surface area contributed by atoms with Gasteiger partial charge in [-0.1, -0.05) is 0 Å². The summed E-state index contributed by atoms with van der Waals surface area (Å²) in [6.45, 7) is 2.36. The minimum absolute atomic E-state index is 0.433. The van der Waals surface area contributed by atoms with Crippen molar-refractivity contribution >= 4 is 11.0 Å². The topological polar surface area (TPSA) is 41.6 Å². The van der Waals surface area contributed by atoms with Gasteiger partial charge in [0.25, 0.3) is 0 Å². The van der Waals surface area contributed by atoms with Gasteiger partial charge in [-0.15, -0.1) is 0 Å². The smallest absolute Gasteiger partial charge is 0.161 e. The predicted molar refractivity (Wildman–Crippen MR) is 59.2 cm³/mol. The molecule has 0 aliphatic rings. The van der Waals surface area contributed by atoms with Crippen LogP contribution in [0.1, 0.15) is 18.7 Å². The van der Waals surface area contributed by atoms with E-state index in [-0.39, 0.29) is 0 Å². The molecule has 5 heteroatoms. The molecule has 0 unspecified atom stereocenters. The fraction of sp³-hybridized carbons (Fsp3) is 0.333. The van der Waals surface area contributed by atoms with Gasteiger partial charge in [0.2, 0.25) is 0 Å². The van der Waals surface area contributed by atoms with E-state index in [9.17, 15) is 8.78 Å². The minimum Gasteiger partial charge on any atom is -0.328 e. The number of benzene rings is 1. The average molecular weight is 235 g/mol. The van der Waals surface area contributed by atoms with E-state index in [1.54, 1.807) is 11.5 Å². The summed E-state index contributed by atoms with van der Waals surface area (Å²) in [7, 11) is 0. The molecule has 0 radical (unpaired) electrons. The van der Waals surface area contributed by atoms with E-state index < -0.39 is 11.6 Å². The first kappa shape index (κ1) is 11.5. The standard InChI is InChI=1S/C12H11F2N3/c1-8-16-11-6-9(13)10(14)7-12(11)17(8)5-3-2-4-15/h6-7H,2-3,5H2,1H3. The second kappa shape index (κ2) is 4.50. The van der Waals surface area contributed by atoms with Gasteiger partial charge in [-0.25, -0.2) is 13.8 Å². The second-order valence-corrected chi connectivity index (χ2v) is 3.83. The van der Waals surface area contributed by atoms with Gasteiger partial charge >= 0.3 is 0 Å². The summed E-state index contributed by atoms with van der Waals surface area (Å²) in [6.07, 6.45) is 1.10. The van der Waals surface area contributed by atoms with Crippen LogP contribution in [0.5, 0.6) is 0 Å². The number of unbranched alkanes of at least 4 members (excludes halogenated alkanes) is 1. The molecule has 2 rings (SSSR count). The maximum Gasteiger partial charge on any atom is 0.161 e. The normalized spacial score (nSPS) is 10.7. The molecule has 3 nitrogen and oxygen atoms in total. The Morgan fingerprint density at radius 2 is 2.06 bits per heavy atom. The van der Waals surface area contributed by atoms with Crippen LogP contribution in [0.15, 0.2) is 12.1 Å². The van der Waals surface area contributed by atoms with Gasteiger partial charge in [-0.05, 0) is 13.3 Å². The van der Waals surface area contributed by atoms with Gasteiger partial charge in [0.15, 0.2) is 11.6 Å². The number of nitriles is 1. The van der Waals surface area contributed by atoms with Crippen LogP contribution in [0.2, 0.25) is 0 Å². The molecule has 0 saturated heterocycles. The zero-order valence-electron chi connectivity index (χ0n) is 9.37. The number of halogens is 2. The van der Waals surface area contributed by atoms with E-state index in [1.165, 1.54) is 0 Å². The molecule has 1 heterocycles. The molecule has 1 aromatic heterocycles. The molecule has 0 amide bonds. The molecular weight excluding hydrogens is 224 g/mol. The van der Waals surface area contributed by atoms with Gasteiger partial charge in [0, 0.05) is 25.1 Å². The third-order valence-corrected chi connectivity index (χ3v) is 2.65. The Balaban J connectivity index is 2.44. The quantitative estimate of drug-likeness (QED) is 0.767. The Morgan fingerprint density at radius 3 is 2.76 bits per heavy atom. The van der Waals surface area contributed by atoms with Crippen molar-refractivity contribution in [1.82, 2.24) is 9.55 Å². The average Bonchev–Trinajstić information content (AvgIpc) is 2.57. The van der Waals surface area contributed by atoms with Crippen molar-refractivity contribution < 1.29 is 8.78 Å². The Labute approximate surface area is 97.3 Å². The SMILES string of the molecule is Cc1nc2cc(F)c(F)cc2n1CCCC#N. The van der Waals surface area contributed by atoms with Crippen molar-refractivity contribution in [3.8, 4) is 6.07 Å². The van der Waals surface area contributed by atoms with Crippen molar-refractivity contribution in [3.63, 3.8) is 0 Å². The first-order valence-electron chi connectivity index (χ1n) is 5.32. The number of imidazole rings is 1. The monoisotopic (exact) mass is 235 g/mol. The molecule has 17 heavy (non-hydrogen) atoms. The number of hydrogen-bond donors (Lipinski definition) is 0. The highest BCUT2D eigenvalue weighted by molar-refractivity contribution is 5.76. The molecule has 0 aliphatic carbocycles. The third kappa shape index (κ3) is 2.11. The molecule has 0 saturated carbocycles. The highest BCUT2D eigenvalue weighted by Gasteiger charge is 2.11. The fourth-order valence-electron chi connectivity index (χ4n) is 1.84. The van der Waals surface area contributed by atoms with E-state index >= 15 is 0 Å². The van der Waals surface area contributed by atoms with E-state index in [0.29, 0.717) is 36.2 Å². The lowest BCUT2D eigenvalue weighted by Gasteiger charge is -2.04. The zero-order valence-corrected chi connectivity index (χ0v) is 9.37. The van der Waals surface area contributed by atoms with Crippen molar-refractivity contribution in [3.05, 3.63) is 29.6 Å². The van der Waals surface area contributed by atoms with E-state index in [1.807, 2.05) is 0 Å². The first-order valence-corrected chi connectivity index (χ1v) is 5.32. The van der Waals surface area contributed by atoms with Gasteiger partial charge < -0.3 is 4.57 Å². The van der Waals surface area contributed by atoms with Gasteiger partial charge in [-0.2, -0.15) is 5.26 Å². The highest BCUT2D eigenvalue weighted by Crippen LogP contribution is 2.20. The lowest BCUT2D eigenvalue weighted by molar-refractivity contribution is 0.510. The summed E-state index contributed by atoms with van der Waals surface area (Å²) in [5.41, 5.74) is 1.01. The summed E-state index contributed by atoms with van der Waals surface area (Å²) in [5.74, 6) is -1.07. The molecule has 0 fully saturated rings. The van der Waals surface area contributed by atoms with Crippen LogP contribution >= 0.6 is 0 Å². The number of hydrogen-bond acceptors (Lipinski definition) is 2. The van der Waals surface area contributed by atoms with E-state index in [4.69, 9.17) is 5.26 Å². The highest BCUT2D eigenvalue weighted by atomic mass is 19.2. The van der Waals surface area contributed by atoms with Gasteiger partial charge in [-0.3, -0.25) is 0 Å². The van der Waals surface area contributed by atoms with Crippen LogP contribution < -0.4 is 0 Å². The molecule has 1 aromatic carbocycles. The molecule has 88 valence electrons. The van der Waals surface area contributed by atoms with Crippen molar-refractivity contribution in [2.24, 2.45) is 0 Å². The molecule has 0 spiro atoms. The number of aryl methyl sites for hydroxylation is 2. The zero-order chi connectivity index (χ0) is 12.4. The largest absolute Gasteiger partial charge is 0.328 e. The maximum absolute atomic E-state index is 13.2. The molecular formula is C12H11F2N3. The Morgan fingerprint density at radius 1 is 1.35 bits per heavy atom. The Hall–Kier alpha value is -1.96. The molecule has 0 bridgehead atoms. The van der Waals surface area contributed by atoms with Gasteiger partial charge in [0.05, 0.1) is 17.1 Å². The predicted octanol–water partition coefficient (Wildman–Crippen LogP) is 2.93. The summed E-state index contributed by atoms with van der Waals surface area (Å²) < 4.78 is 28.0. The fourth-order valence-corrected chi connectivity index (χ4v) is 1.84. The van der Waals surface area contributed by atoms with E-state index in [2.05, 4.69) is 11.1 Å². The second-order valence-electron chi connectivity index (χ2n) is 3.83. The van der Waals surface area contributed by atoms with Crippen LogP contribution in [-0.4, -0.2) is 9.55 Å². The van der Waals surface area contributed by atoms with Crippen LogP contribution in [-0.2, 0) is 6.54 Å². The summed E-state index contributed by atoms with van der Waals surface area (Å²) >= 11 is 0. The number of nitrogens with zero attached hydrogens (tertiary/aromatic N) is 3. The number of fused-ring (bicyclic) bond motifs is 1. The third-order valence-electron chi connectivity index (χ3n) is 2.65. The van der Waals surface area contributed by atoms with Crippen molar-refractivity contribution in [1.29, 1.82) is 5.26 Å². The molecule has 0 N–H and O–H groups in total. The first-order chi connectivity index (χ1) is 8.13. The van der Waals surface area contributed by atoms with E-state index in [0.717, 1.165) is 12.1 Å². The Kier molecular flexibility index (Phi) is 3.05. The van der Waals surface area contributed by atoms with Gasteiger partial charge in [0.1, 0.15) is 5.82 Å². The summed E-state index contributed by atoms with van der Waals surface area (Å²) in [6, 6.07) is 4.30. The summed E-state index contributed by atoms with van der Waals surface area (Å²) in [5, 5.41) is 8.47. The number of aromatic nitrogens is 2. The molecule has 2 aromatic rings. The minimum atomic E-state index is -0.890. The maximum atomic E-state index is 13.2. The van der Waals surface area contributed by atoms with Crippen LogP contribution in [0.4, 0.5) is 8.78 Å². The lowest BCUT2D eigenvalue weighted by Crippen LogP contribution is -2.00. The molecule has 0 atom stereocenters. The molecule has 0 aliphatic heterocycles. The Bertz CT molecular complexity index is 596. The van der Waals surface area contributed by atoms with Crippen molar-refractivity contribution in [2.45, 2.75) is 26.3 Å². The lowest BCUT2D eigenvalue weighted by atomic mass is 10.2.